The van der Waals surface area contributed by atoms with Crippen LogP contribution >= 0.6 is 0 Å². The molecule has 1 aliphatic carbocycles. The van der Waals surface area contributed by atoms with E-state index in [1.54, 1.807) is 0 Å². The molecule has 0 aromatic carbocycles. The van der Waals surface area contributed by atoms with E-state index in [-0.39, 0.29) is 0 Å². The van der Waals surface area contributed by atoms with Gasteiger partial charge in [0.25, 0.3) is 0 Å². The van der Waals surface area contributed by atoms with E-state index >= 15 is 0 Å². The van der Waals surface area contributed by atoms with Crippen molar-refractivity contribution in [3.63, 3.8) is 0 Å². The SMILES string of the molecule is COC(=O)C(O)C(C)(C)C1CCC(C)(C)C1. The van der Waals surface area contributed by atoms with Gasteiger partial charge in [-0.25, -0.2) is 4.79 Å². The van der Waals surface area contributed by atoms with Gasteiger partial charge in [-0.1, -0.05) is 27.7 Å². The summed E-state index contributed by atoms with van der Waals surface area (Å²) in [4.78, 5) is 11.4. The average Bonchev–Trinajstić information content (AvgIpc) is 2.57. The molecule has 0 heterocycles. The maximum Gasteiger partial charge on any atom is 0.335 e. The molecule has 0 aromatic rings. The van der Waals surface area contributed by atoms with E-state index in [2.05, 4.69) is 18.6 Å². The molecule has 0 saturated heterocycles. The standard InChI is InChI=1S/C13H24O3/c1-12(2)7-6-9(8-12)13(3,4)10(14)11(15)16-5/h9-10,14H,6-8H2,1-5H3. The number of ether oxygens (including phenoxy) is 1. The predicted molar refractivity (Wildman–Crippen MR) is 62.9 cm³/mol. The number of esters is 1. The summed E-state index contributed by atoms with van der Waals surface area (Å²) in [7, 11) is 1.32. The van der Waals surface area contributed by atoms with Crippen LogP contribution in [0.4, 0.5) is 0 Å². The molecule has 1 rings (SSSR count). The number of aliphatic hydroxyl groups is 1. The van der Waals surface area contributed by atoms with Crippen LogP contribution in [0.2, 0.25) is 0 Å². The van der Waals surface area contributed by atoms with Gasteiger partial charge in [0, 0.05) is 5.41 Å². The van der Waals surface area contributed by atoms with Gasteiger partial charge in [-0.2, -0.15) is 0 Å². The third-order valence-corrected chi connectivity index (χ3v) is 4.15. The molecule has 2 atom stereocenters. The third kappa shape index (κ3) is 2.57. The highest BCUT2D eigenvalue weighted by Gasteiger charge is 2.45. The summed E-state index contributed by atoms with van der Waals surface area (Å²) in [5.74, 6) is -0.133. The van der Waals surface area contributed by atoms with Crippen molar-refractivity contribution < 1.29 is 14.6 Å². The van der Waals surface area contributed by atoms with Crippen LogP contribution < -0.4 is 0 Å². The summed E-state index contributed by atoms with van der Waals surface area (Å²) in [6.45, 7) is 8.41. The second-order valence-electron chi connectivity index (χ2n) is 6.35. The molecule has 1 fully saturated rings. The van der Waals surface area contributed by atoms with Crippen molar-refractivity contribution in [2.75, 3.05) is 7.11 Å². The van der Waals surface area contributed by atoms with Gasteiger partial charge in [0.15, 0.2) is 6.10 Å². The number of hydrogen-bond acceptors (Lipinski definition) is 3. The fraction of sp³-hybridized carbons (Fsp3) is 0.923. The van der Waals surface area contributed by atoms with Crippen molar-refractivity contribution in [1.29, 1.82) is 0 Å². The molecule has 0 aromatic heterocycles. The lowest BCUT2D eigenvalue weighted by molar-refractivity contribution is -0.159. The molecule has 1 aliphatic rings. The molecule has 94 valence electrons. The fourth-order valence-corrected chi connectivity index (χ4v) is 2.71. The zero-order valence-corrected chi connectivity index (χ0v) is 11.0. The fourth-order valence-electron chi connectivity index (χ4n) is 2.71. The highest BCUT2D eigenvalue weighted by molar-refractivity contribution is 5.75. The monoisotopic (exact) mass is 228 g/mol. The second kappa shape index (κ2) is 4.36. The van der Waals surface area contributed by atoms with Crippen molar-refractivity contribution in [1.82, 2.24) is 0 Å². The van der Waals surface area contributed by atoms with Gasteiger partial charge in [-0.15, -0.1) is 0 Å². The van der Waals surface area contributed by atoms with Gasteiger partial charge in [0.2, 0.25) is 0 Å². The Labute approximate surface area is 98.2 Å². The smallest absolute Gasteiger partial charge is 0.335 e. The molecular weight excluding hydrogens is 204 g/mol. The Bertz CT molecular complexity index is 268. The molecular formula is C13H24O3. The van der Waals surface area contributed by atoms with Crippen LogP contribution in [0.3, 0.4) is 0 Å². The molecule has 0 radical (unpaired) electrons. The molecule has 3 nitrogen and oxygen atoms in total. The number of carbonyl (C=O) groups is 1. The minimum absolute atomic E-state index is 0.331. The Kier molecular flexibility index (Phi) is 3.68. The van der Waals surface area contributed by atoms with Gasteiger partial charge < -0.3 is 9.84 Å². The lowest BCUT2D eigenvalue weighted by Gasteiger charge is -2.35. The van der Waals surface area contributed by atoms with Crippen LogP contribution in [-0.2, 0) is 9.53 Å². The van der Waals surface area contributed by atoms with Gasteiger partial charge in [-0.05, 0) is 30.6 Å². The van der Waals surface area contributed by atoms with E-state index in [9.17, 15) is 9.90 Å². The first-order chi connectivity index (χ1) is 7.20. The number of hydrogen-bond donors (Lipinski definition) is 1. The van der Waals surface area contributed by atoms with E-state index in [1.165, 1.54) is 7.11 Å². The van der Waals surface area contributed by atoms with Crippen molar-refractivity contribution in [3.05, 3.63) is 0 Å². The van der Waals surface area contributed by atoms with Crippen LogP contribution in [0.5, 0.6) is 0 Å². The third-order valence-electron chi connectivity index (χ3n) is 4.15. The Balaban J connectivity index is 2.74. The Morgan fingerprint density at radius 1 is 1.50 bits per heavy atom. The molecule has 16 heavy (non-hydrogen) atoms. The number of carbonyl (C=O) groups excluding carboxylic acids is 1. The normalized spacial score (nSPS) is 26.5. The summed E-state index contributed by atoms with van der Waals surface area (Å²) in [6.07, 6.45) is 2.29. The van der Waals surface area contributed by atoms with E-state index in [4.69, 9.17) is 0 Å². The predicted octanol–water partition coefficient (Wildman–Crippen LogP) is 2.37. The molecule has 0 spiro atoms. The lowest BCUT2D eigenvalue weighted by atomic mass is 9.72. The minimum atomic E-state index is -1.02. The number of methoxy groups -OCH3 is 1. The topological polar surface area (TPSA) is 46.5 Å². The maximum atomic E-state index is 11.4. The highest BCUT2D eigenvalue weighted by atomic mass is 16.5. The van der Waals surface area contributed by atoms with Gasteiger partial charge in [0.05, 0.1) is 7.11 Å². The van der Waals surface area contributed by atoms with E-state index < -0.39 is 17.5 Å². The summed E-state index contributed by atoms with van der Waals surface area (Å²) < 4.78 is 4.62. The Morgan fingerprint density at radius 2 is 2.06 bits per heavy atom. The Morgan fingerprint density at radius 3 is 2.44 bits per heavy atom. The highest BCUT2D eigenvalue weighted by Crippen LogP contribution is 2.49. The van der Waals surface area contributed by atoms with Crippen LogP contribution in [0.15, 0.2) is 0 Å². The Hall–Kier alpha value is -0.570. The van der Waals surface area contributed by atoms with Crippen LogP contribution in [0.25, 0.3) is 0 Å². The molecule has 1 N–H and O–H groups in total. The minimum Gasteiger partial charge on any atom is -0.467 e. The first-order valence-corrected chi connectivity index (χ1v) is 5.96. The van der Waals surface area contributed by atoms with Gasteiger partial charge >= 0.3 is 5.97 Å². The van der Waals surface area contributed by atoms with Gasteiger partial charge in [-0.3, -0.25) is 0 Å². The van der Waals surface area contributed by atoms with Gasteiger partial charge in [0.1, 0.15) is 0 Å². The van der Waals surface area contributed by atoms with E-state index in [1.807, 2.05) is 13.8 Å². The summed E-state index contributed by atoms with van der Waals surface area (Å²) >= 11 is 0. The molecule has 0 bridgehead atoms. The quantitative estimate of drug-likeness (QED) is 0.754. The summed E-state index contributed by atoms with van der Waals surface area (Å²) in [5.41, 5.74) is -0.0708. The first-order valence-electron chi connectivity index (χ1n) is 5.96. The zero-order chi connectivity index (χ0) is 12.6. The largest absolute Gasteiger partial charge is 0.467 e. The zero-order valence-electron chi connectivity index (χ0n) is 11.0. The number of aliphatic hydroxyl groups excluding tert-OH is 1. The average molecular weight is 228 g/mol. The summed E-state index contributed by atoms with van der Waals surface area (Å²) in [5, 5.41) is 10.0. The molecule has 2 unspecified atom stereocenters. The molecule has 0 amide bonds. The second-order valence-corrected chi connectivity index (χ2v) is 6.35. The number of rotatable bonds is 3. The molecule has 1 saturated carbocycles. The first kappa shape index (κ1) is 13.5. The maximum absolute atomic E-state index is 11.4. The molecule has 3 heteroatoms. The van der Waals surface area contributed by atoms with Crippen molar-refractivity contribution in [2.45, 2.75) is 53.1 Å². The van der Waals surface area contributed by atoms with E-state index in [0.717, 1.165) is 19.3 Å². The van der Waals surface area contributed by atoms with E-state index in [0.29, 0.717) is 11.3 Å². The van der Waals surface area contributed by atoms with Crippen molar-refractivity contribution in [2.24, 2.45) is 16.7 Å². The molecule has 0 aliphatic heterocycles. The van der Waals surface area contributed by atoms with Crippen LogP contribution in [-0.4, -0.2) is 24.3 Å². The van der Waals surface area contributed by atoms with Crippen molar-refractivity contribution in [3.8, 4) is 0 Å². The van der Waals surface area contributed by atoms with Crippen molar-refractivity contribution >= 4 is 5.97 Å². The lowest BCUT2D eigenvalue weighted by Crippen LogP contribution is -2.42. The summed E-state index contributed by atoms with van der Waals surface area (Å²) in [6, 6.07) is 0. The van der Waals surface area contributed by atoms with Crippen LogP contribution in [0.1, 0.15) is 47.0 Å². The van der Waals surface area contributed by atoms with Crippen LogP contribution in [0, 0.1) is 16.7 Å².